The van der Waals surface area contributed by atoms with Gasteiger partial charge in [0.25, 0.3) is 0 Å². The minimum Gasteiger partial charge on any atom is -0.499 e. The van der Waals surface area contributed by atoms with Crippen LogP contribution in [0.25, 0.3) is 0 Å². The molecule has 0 aliphatic carbocycles. The summed E-state index contributed by atoms with van der Waals surface area (Å²) in [6.45, 7) is -1.03. The fraction of sp³-hybridized carbons (Fsp3) is 0.571. The average molecular weight is 177 g/mol. The average Bonchev–Trinajstić information content (AvgIpc) is 2.12. The van der Waals surface area contributed by atoms with Crippen molar-refractivity contribution in [1.82, 2.24) is 0 Å². The molecule has 0 spiro atoms. The molecular weight excluding hydrogens is 164 g/mol. The molecular formula is C7H13O5+. The van der Waals surface area contributed by atoms with Crippen LogP contribution in [0, 0.1) is 0 Å². The van der Waals surface area contributed by atoms with Crippen molar-refractivity contribution in [3.05, 3.63) is 11.8 Å². The van der Waals surface area contributed by atoms with Crippen molar-refractivity contribution in [3.8, 4) is 0 Å². The molecule has 5 heteroatoms. The first-order valence-electron chi connectivity index (χ1n) is 3.36. The standard InChI is InChI=1S/C7H12O5/c1-12-5(3-8)2-6(10)7(11)4-9/h2,6,8-10H,3-4H2,1H3/p+1/b5-2-. The molecule has 0 saturated heterocycles. The van der Waals surface area contributed by atoms with Crippen molar-refractivity contribution in [2.24, 2.45) is 0 Å². The van der Waals surface area contributed by atoms with Gasteiger partial charge in [-0.25, -0.2) is 0 Å². The summed E-state index contributed by atoms with van der Waals surface area (Å²) in [5.74, 6) is -0.477. The molecule has 0 radical (unpaired) electrons. The Kier molecular flexibility index (Phi) is 5.27. The number of rotatable bonds is 5. The molecule has 0 amide bonds. The first-order valence-corrected chi connectivity index (χ1v) is 3.36. The second-order valence-corrected chi connectivity index (χ2v) is 2.10. The highest BCUT2D eigenvalue weighted by atomic mass is 16.5. The number of aliphatic hydroxyl groups excluding tert-OH is 2. The van der Waals surface area contributed by atoms with E-state index in [0.29, 0.717) is 0 Å². The summed E-state index contributed by atoms with van der Waals surface area (Å²) in [5.41, 5.74) is 0. The van der Waals surface area contributed by atoms with Crippen LogP contribution in [0.3, 0.4) is 0 Å². The van der Waals surface area contributed by atoms with Crippen LogP contribution in [0.15, 0.2) is 11.8 Å². The fourth-order valence-corrected chi connectivity index (χ4v) is 0.562. The van der Waals surface area contributed by atoms with Gasteiger partial charge in [0.2, 0.25) is 11.9 Å². The molecule has 12 heavy (non-hydrogen) atoms. The number of aliphatic hydroxyl groups is 2. The first kappa shape index (κ1) is 11.1. The van der Waals surface area contributed by atoms with Gasteiger partial charge >= 0.3 is 0 Å². The maximum Gasteiger partial charge on any atom is 0.240 e. The zero-order chi connectivity index (χ0) is 9.56. The summed E-state index contributed by atoms with van der Waals surface area (Å²) < 4.78 is 4.62. The van der Waals surface area contributed by atoms with E-state index in [2.05, 4.69) is 4.74 Å². The maximum atomic E-state index is 10.7. The zero-order valence-corrected chi connectivity index (χ0v) is 6.78. The smallest absolute Gasteiger partial charge is 0.240 e. The predicted octanol–water partition coefficient (Wildman–Crippen LogP) is -1.84. The SMILES string of the molecule is CO/C(=C\C([OH2+])C(=O)CO)CO. The summed E-state index contributed by atoms with van der Waals surface area (Å²) in [7, 11) is 1.33. The molecule has 0 saturated carbocycles. The summed E-state index contributed by atoms with van der Waals surface area (Å²) >= 11 is 0. The first-order chi connectivity index (χ1) is 5.65. The summed E-state index contributed by atoms with van der Waals surface area (Å²) in [6.07, 6.45) is -0.0180. The number of hydrogen-bond donors (Lipinski definition) is 2. The highest BCUT2D eigenvalue weighted by Crippen LogP contribution is 1.97. The van der Waals surface area contributed by atoms with E-state index in [-0.39, 0.29) is 12.4 Å². The lowest BCUT2D eigenvalue weighted by Crippen LogP contribution is -2.22. The van der Waals surface area contributed by atoms with E-state index in [0.717, 1.165) is 6.08 Å². The lowest BCUT2D eigenvalue weighted by Gasteiger charge is -2.02. The zero-order valence-electron chi connectivity index (χ0n) is 6.78. The van der Waals surface area contributed by atoms with Gasteiger partial charge in [0.1, 0.15) is 19.0 Å². The monoisotopic (exact) mass is 177 g/mol. The molecule has 0 rings (SSSR count). The van der Waals surface area contributed by atoms with E-state index < -0.39 is 18.5 Å². The summed E-state index contributed by atoms with van der Waals surface area (Å²) in [4.78, 5) is 10.7. The van der Waals surface area contributed by atoms with Crippen LogP contribution >= 0.6 is 0 Å². The second kappa shape index (κ2) is 5.70. The number of carbonyl (C=O) groups excluding carboxylic acids is 1. The number of carbonyl (C=O) groups is 1. The molecule has 4 N–H and O–H groups in total. The number of ether oxygens (including phenoxy) is 1. The third-order valence-electron chi connectivity index (χ3n) is 1.27. The molecule has 0 fully saturated rings. The molecule has 0 bridgehead atoms. The summed E-state index contributed by atoms with van der Waals surface area (Å²) in [5, 5.41) is 24.1. The van der Waals surface area contributed by atoms with Crippen molar-refractivity contribution >= 4 is 5.78 Å². The molecule has 0 aliphatic rings. The minimum absolute atomic E-state index is 0.150. The van der Waals surface area contributed by atoms with Crippen LogP contribution in [0.2, 0.25) is 0 Å². The lowest BCUT2D eigenvalue weighted by molar-refractivity contribution is -0.127. The number of hydrogen-bond acceptors (Lipinski definition) is 4. The molecule has 0 heterocycles. The highest BCUT2D eigenvalue weighted by molar-refractivity contribution is 5.85. The lowest BCUT2D eigenvalue weighted by atomic mass is 10.2. The Hall–Kier alpha value is -0.910. The predicted molar refractivity (Wildman–Crippen MR) is 41.7 cm³/mol. The normalized spacial score (nSPS) is 14.2. The minimum atomic E-state index is -1.17. The van der Waals surface area contributed by atoms with E-state index in [9.17, 15) is 4.79 Å². The van der Waals surface area contributed by atoms with Gasteiger partial charge in [0.15, 0.2) is 0 Å². The Labute approximate surface area is 69.9 Å². The molecule has 0 aromatic rings. The van der Waals surface area contributed by atoms with Crippen LogP contribution in [0.5, 0.6) is 0 Å². The number of ketones is 1. The van der Waals surface area contributed by atoms with E-state index in [1.165, 1.54) is 7.11 Å². The third-order valence-corrected chi connectivity index (χ3v) is 1.27. The Morgan fingerprint density at radius 1 is 1.58 bits per heavy atom. The Bertz CT molecular complexity index is 169. The fourth-order valence-electron chi connectivity index (χ4n) is 0.562. The van der Waals surface area contributed by atoms with Gasteiger partial charge < -0.3 is 20.1 Å². The second-order valence-electron chi connectivity index (χ2n) is 2.10. The highest BCUT2D eigenvalue weighted by Gasteiger charge is 2.16. The molecule has 70 valence electrons. The number of methoxy groups -OCH3 is 1. The Balaban J connectivity index is 4.19. The Morgan fingerprint density at radius 3 is 2.50 bits per heavy atom. The van der Waals surface area contributed by atoms with Gasteiger partial charge in [-0.15, -0.1) is 0 Å². The van der Waals surface area contributed by atoms with Crippen molar-refractivity contribution < 1.29 is 24.9 Å². The van der Waals surface area contributed by atoms with Gasteiger partial charge in [-0.05, 0) is 0 Å². The van der Waals surface area contributed by atoms with Crippen molar-refractivity contribution in [2.75, 3.05) is 20.3 Å². The van der Waals surface area contributed by atoms with Gasteiger partial charge in [-0.2, -0.15) is 0 Å². The molecule has 5 nitrogen and oxygen atoms in total. The summed E-state index contributed by atoms with van der Waals surface area (Å²) in [6, 6.07) is 0. The largest absolute Gasteiger partial charge is 0.499 e. The van der Waals surface area contributed by atoms with Gasteiger partial charge in [0.05, 0.1) is 7.11 Å². The van der Waals surface area contributed by atoms with E-state index in [1.54, 1.807) is 0 Å². The van der Waals surface area contributed by atoms with Crippen molar-refractivity contribution in [1.29, 1.82) is 0 Å². The molecule has 0 aromatic carbocycles. The van der Waals surface area contributed by atoms with Gasteiger partial charge in [0, 0.05) is 6.08 Å². The molecule has 0 aliphatic heterocycles. The van der Waals surface area contributed by atoms with Crippen LogP contribution < -0.4 is 0 Å². The van der Waals surface area contributed by atoms with Gasteiger partial charge in [-0.1, -0.05) is 0 Å². The van der Waals surface area contributed by atoms with E-state index >= 15 is 0 Å². The van der Waals surface area contributed by atoms with E-state index in [1.807, 2.05) is 0 Å². The molecule has 1 atom stereocenters. The molecule has 0 aromatic heterocycles. The van der Waals surface area contributed by atoms with Crippen LogP contribution in [-0.4, -0.2) is 47.5 Å². The maximum absolute atomic E-state index is 10.7. The number of Topliss-reactive ketones (excluding diaryl/α,β-unsaturated/α-hetero) is 1. The topological polar surface area (TPSA) is 89.7 Å². The van der Waals surface area contributed by atoms with Crippen LogP contribution in [0.1, 0.15) is 0 Å². The van der Waals surface area contributed by atoms with Crippen molar-refractivity contribution in [3.63, 3.8) is 0 Å². The van der Waals surface area contributed by atoms with Gasteiger partial charge in [-0.3, -0.25) is 4.79 Å². The van der Waals surface area contributed by atoms with E-state index in [4.69, 9.17) is 15.3 Å². The third kappa shape index (κ3) is 3.47. The van der Waals surface area contributed by atoms with Crippen LogP contribution in [-0.2, 0) is 9.53 Å². The quantitative estimate of drug-likeness (QED) is 0.381. The Morgan fingerprint density at radius 2 is 2.17 bits per heavy atom. The van der Waals surface area contributed by atoms with Crippen LogP contribution in [0.4, 0.5) is 0 Å². The van der Waals surface area contributed by atoms with Crippen molar-refractivity contribution in [2.45, 2.75) is 6.10 Å². The molecule has 1 unspecified atom stereocenters.